The molecule has 180 valence electrons. The molecule has 2 aromatic rings. The molecule has 0 aromatic heterocycles. The SMILES string of the molecule is [C-]#[N+]c1ccc(CN2CCN(c3cc(F)cc4c3CN(C3CCC(=O)NC3=O)C4=O)CC2)c(F)c1. The Balaban J connectivity index is 1.30. The van der Waals surface area contributed by atoms with Crippen LogP contribution in [0.2, 0.25) is 0 Å². The summed E-state index contributed by atoms with van der Waals surface area (Å²) in [4.78, 5) is 45.6. The number of anilines is 1. The number of hydrogen-bond acceptors (Lipinski definition) is 5. The highest BCUT2D eigenvalue weighted by molar-refractivity contribution is 6.06. The molecule has 0 radical (unpaired) electrons. The van der Waals surface area contributed by atoms with Gasteiger partial charge in [-0.2, -0.15) is 0 Å². The highest BCUT2D eigenvalue weighted by atomic mass is 19.1. The van der Waals surface area contributed by atoms with Crippen LogP contribution in [0.3, 0.4) is 0 Å². The van der Waals surface area contributed by atoms with E-state index >= 15 is 0 Å². The first kappa shape index (κ1) is 22.9. The quantitative estimate of drug-likeness (QED) is 0.539. The highest BCUT2D eigenvalue weighted by Gasteiger charge is 2.41. The van der Waals surface area contributed by atoms with Gasteiger partial charge in [0, 0.05) is 62.5 Å². The van der Waals surface area contributed by atoms with Crippen molar-refractivity contribution < 1.29 is 23.2 Å². The number of halogens is 2. The third kappa shape index (κ3) is 4.35. The molecule has 0 saturated carbocycles. The minimum atomic E-state index is -0.760. The number of piperazine rings is 1. The molecule has 8 nitrogen and oxygen atoms in total. The molecule has 1 N–H and O–H groups in total. The fourth-order valence-corrected chi connectivity index (χ4v) is 5.01. The minimum absolute atomic E-state index is 0.154. The number of nitrogens with zero attached hydrogens (tertiary/aromatic N) is 4. The molecule has 2 saturated heterocycles. The zero-order valence-corrected chi connectivity index (χ0v) is 18.9. The molecular weight excluding hydrogens is 456 g/mol. The first-order valence-corrected chi connectivity index (χ1v) is 11.4. The molecule has 1 atom stereocenters. The number of imide groups is 1. The predicted molar refractivity (Wildman–Crippen MR) is 123 cm³/mol. The molecular formula is C25H23F2N5O3. The molecule has 1 unspecified atom stereocenters. The molecule has 10 heteroatoms. The van der Waals surface area contributed by atoms with Crippen molar-refractivity contribution in [1.82, 2.24) is 15.1 Å². The monoisotopic (exact) mass is 479 g/mol. The van der Waals surface area contributed by atoms with E-state index in [0.29, 0.717) is 49.5 Å². The number of hydrogen-bond donors (Lipinski definition) is 1. The van der Waals surface area contributed by atoms with E-state index in [4.69, 9.17) is 6.57 Å². The standard InChI is InChI=1S/C25H23F2N5O3/c1-28-17-3-2-15(20(27)12-17)13-30-6-8-31(9-7-30)22-11-16(26)10-18-19(22)14-32(25(18)35)21-4-5-23(33)29-24(21)34/h2-3,10-12,21H,4-9,13-14H2,(H,29,33,34). The highest BCUT2D eigenvalue weighted by Crippen LogP contribution is 2.35. The molecule has 3 aliphatic rings. The number of nitrogens with one attached hydrogen (secondary N) is 1. The van der Waals surface area contributed by atoms with Crippen LogP contribution in [0.25, 0.3) is 4.85 Å². The number of carbonyl (C=O) groups excluding carboxylic acids is 3. The minimum Gasteiger partial charge on any atom is -0.369 e. The molecule has 3 heterocycles. The normalized spacial score (nSPS) is 20.6. The summed E-state index contributed by atoms with van der Waals surface area (Å²) in [7, 11) is 0. The third-order valence-corrected chi connectivity index (χ3v) is 6.87. The van der Waals surface area contributed by atoms with Crippen LogP contribution in [0.4, 0.5) is 20.2 Å². The summed E-state index contributed by atoms with van der Waals surface area (Å²) in [6, 6.07) is 6.33. The van der Waals surface area contributed by atoms with E-state index in [0.717, 1.165) is 0 Å². The van der Waals surface area contributed by atoms with Crippen molar-refractivity contribution in [1.29, 1.82) is 0 Å². The first-order valence-electron chi connectivity index (χ1n) is 11.4. The first-order chi connectivity index (χ1) is 16.8. The van der Waals surface area contributed by atoms with Crippen molar-refractivity contribution in [2.24, 2.45) is 0 Å². The van der Waals surface area contributed by atoms with Gasteiger partial charge in [-0.1, -0.05) is 12.1 Å². The smallest absolute Gasteiger partial charge is 0.255 e. The molecule has 0 aliphatic carbocycles. The van der Waals surface area contributed by atoms with E-state index in [1.807, 2.05) is 4.90 Å². The van der Waals surface area contributed by atoms with Crippen molar-refractivity contribution >= 4 is 29.1 Å². The molecule has 2 fully saturated rings. The zero-order chi connectivity index (χ0) is 24.7. The van der Waals surface area contributed by atoms with Gasteiger partial charge in [0.15, 0.2) is 5.69 Å². The molecule has 0 spiro atoms. The van der Waals surface area contributed by atoms with Crippen LogP contribution in [0.15, 0.2) is 30.3 Å². The fourth-order valence-electron chi connectivity index (χ4n) is 5.01. The second-order valence-electron chi connectivity index (χ2n) is 9.00. The van der Waals surface area contributed by atoms with Crippen LogP contribution in [0, 0.1) is 18.2 Å². The molecule has 35 heavy (non-hydrogen) atoms. The lowest BCUT2D eigenvalue weighted by Gasteiger charge is -2.37. The Morgan fingerprint density at radius 3 is 2.51 bits per heavy atom. The lowest BCUT2D eigenvalue weighted by atomic mass is 10.0. The third-order valence-electron chi connectivity index (χ3n) is 6.87. The van der Waals surface area contributed by atoms with Gasteiger partial charge in [0.25, 0.3) is 5.91 Å². The fraction of sp³-hybridized carbons (Fsp3) is 0.360. The van der Waals surface area contributed by atoms with Crippen LogP contribution in [0.1, 0.15) is 34.3 Å². The van der Waals surface area contributed by atoms with E-state index in [2.05, 4.69) is 15.1 Å². The van der Waals surface area contributed by atoms with Crippen molar-refractivity contribution in [2.75, 3.05) is 31.1 Å². The van der Waals surface area contributed by atoms with Gasteiger partial charge in [-0.3, -0.25) is 24.6 Å². The molecule has 3 amide bonds. The van der Waals surface area contributed by atoms with Crippen LogP contribution >= 0.6 is 0 Å². The number of benzene rings is 2. The summed E-state index contributed by atoms with van der Waals surface area (Å²) < 4.78 is 28.8. The van der Waals surface area contributed by atoms with Gasteiger partial charge in [-0.15, -0.1) is 0 Å². The molecule has 2 aromatic carbocycles. The van der Waals surface area contributed by atoms with Gasteiger partial charge < -0.3 is 9.80 Å². The topological polar surface area (TPSA) is 77.3 Å². The summed E-state index contributed by atoms with van der Waals surface area (Å²) in [5.41, 5.74) is 2.32. The van der Waals surface area contributed by atoms with Gasteiger partial charge in [0.1, 0.15) is 17.7 Å². The van der Waals surface area contributed by atoms with Crippen LogP contribution in [-0.2, 0) is 22.7 Å². The van der Waals surface area contributed by atoms with Gasteiger partial charge in [-0.25, -0.2) is 13.6 Å². The van der Waals surface area contributed by atoms with Crippen molar-refractivity contribution in [3.05, 3.63) is 70.1 Å². The molecule has 3 aliphatic heterocycles. The number of carbonyl (C=O) groups is 3. The van der Waals surface area contributed by atoms with E-state index in [9.17, 15) is 23.2 Å². The van der Waals surface area contributed by atoms with Crippen molar-refractivity contribution in [2.45, 2.75) is 32.0 Å². The Morgan fingerprint density at radius 2 is 1.83 bits per heavy atom. The predicted octanol–water partition coefficient (Wildman–Crippen LogP) is 2.60. The van der Waals surface area contributed by atoms with Crippen LogP contribution in [-0.4, -0.2) is 59.7 Å². The van der Waals surface area contributed by atoms with E-state index in [1.54, 1.807) is 12.1 Å². The van der Waals surface area contributed by atoms with Gasteiger partial charge in [-0.05, 0) is 30.2 Å². The maximum atomic E-state index is 14.5. The Kier molecular flexibility index (Phi) is 5.94. The summed E-state index contributed by atoms with van der Waals surface area (Å²) in [6.45, 7) is 9.92. The number of rotatable bonds is 4. The van der Waals surface area contributed by atoms with E-state index < -0.39 is 29.5 Å². The van der Waals surface area contributed by atoms with Gasteiger partial charge in [0.2, 0.25) is 11.8 Å². The van der Waals surface area contributed by atoms with Crippen LogP contribution < -0.4 is 10.2 Å². The Bertz CT molecular complexity index is 1270. The maximum Gasteiger partial charge on any atom is 0.255 e. The molecule has 5 rings (SSSR count). The van der Waals surface area contributed by atoms with Gasteiger partial charge in [0.05, 0.1) is 6.57 Å². The summed E-state index contributed by atoms with van der Waals surface area (Å²) in [5.74, 6) is -2.21. The summed E-state index contributed by atoms with van der Waals surface area (Å²) >= 11 is 0. The second-order valence-corrected chi connectivity index (χ2v) is 9.00. The van der Waals surface area contributed by atoms with Gasteiger partial charge >= 0.3 is 0 Å². The number of piperidine rings is 1. The summed E-state index contributed by atoms with van der Waals surface area (Å²) in [5, 5.41) is 2.28. The van der Waals surface area contributed by atoms with Crippen LogP contribution in [0.5, 0.6) is 0 Å². The average molecular weight is 479 g/mol. The summed E-state index contributed by atoms with van der Waals surface area (Å²) in [6.07, 6.45) is 0.398. The largest absolute Gasteiger partial charge is 0.369 e. The van der Waals surface area contributed by atoms with E-state index in [-0.39, 0.29) is 36.5 Å². The second kappa shape index (κ2) is 9.07. The van der Waals surface area contributed by atoms with Crippen molar-refractivity contribution in [3.63, 3.8) is 0 Å². The van der Waals surface area contributed by atoms with Crippen molar-refractivity contribution in [3.8, 4) is 0 Å². The Morgan fingerprint density at radius 1 is 1.06 bits per heavy atom. The average Bonchev–Trinajstić information content (AvgIpc) is 3.16. The molecule has 0 bridgehead atoms. The van der Waals surface area contributed by atoms with E-state index in [1.165, 1.54) is 23.1 Å². The number of fused-ring (bicyclic) bond motifs is 1. The lowest BCUT2D eigenvalue weighted by molar-refractivity contribution is -0.136. The lowest BCUT2D eigenvalue weighted by Crippen LogP contribution is -2.52. The maximum absolute atomic E-state index is 14.5. The Labute approximate surface area is 200 Å². The Hall–Kier alpha value is -3.84. The number of amides is 3. The zero-order valence-electron chi connectivity index (χ0n) is 18.9.